The number of pyridine rings is 1. The molecule has 1 saturated heterocycles. The average Bonchev–Trinajstić information content (AvgIpc) is 3.10. The normalized spacial score (nSPS) is 16.7. The Kier molecular flexibility index (Phi) is 6.20. The highest BCUT2D eigenvalue weighted by Gasteiger charge is 2.30. The molecule has 1 N–H and O–H groups in total. The van der Waals surface area contributed by atoms with E-state index in [0.29, 0.717) is 68.3 Å². The molecule has 178 valence electrons. The molecular weight excluding hydrogens is 456 g/mol. The standard InChI is InChI=1S/C23H26N6O4S/c1-17-4-2-5-21(24-17)25-22-8-9-23(27-26-22)28-10-12-29(13-11-28)34(30,31)18-6-7-19-20(16-18)33-15-3-14-32-19/h2,4-9,16H,3,10-15H2,1H3,(H,24,25,26). The van der Waals surface area contributed by atoms with Gasteiger partial charge in [0.15, 0.2) is 23.1 Å². The number of hydrogen-bond acceptors (Lipinski definition) is 9. The van der Waals surface area contributed by atoms with Crippen LogP contribution >= 0.6 is 0 Å². The molecule has 11 heteroatoms. The molecule has 34 heavy (non-hydrogen) atoms. The summed E-state index contributed by atoms with van der Waals surface area (Å²) in [4.78, 5) is 6.64. The second-order valence-corrected chi connectivity index (χ2v) is 10.1. The molecule has 1 aromatic carbocycles. The first-order valence-corrected chi connectivity index (χ1v) is 12.6. The molecule has 0 bridgehead atoms. The summed E-state index contributed by atoms with van der Waals surface area (Å²) in [7, 11) is -3.64. The van der Waals surface area contributed by atoms with Crippen molar-refractivity contribution < 1.29 is 17.9 Å². The van der Waals surface area contributed by atoms with Crippen LogP contribution in [-0.4, -0.2) is 67.3 Å². The summed E-state index contributed by atoms with van der Waals surface area (Å²) in [6, 6.07) is 14.2. The first-order chi connectivity index (χ1) is 16.5. The van der Waals surface area contributed by atoms with Crippen molar-refractivity contribution >= 4 is 27.5 Å². The molecule has 2 aliphatic rings. The van der Waals surface area contributed by atoms with Crippen LogP contribution in [-0.2, 0) is 10.0 Å². The zero-order valence-electron chi connectivity index (χ0n) is 18.8. The number of benzene rings is 1. The summed E-state index contributed by atoms with van der Waals surface area (Å²) in [6.07, 6.45) is 0.765. The van der Waals surface area contributed by atoms with Gasteiger partial charge in [-0.1, -0.05) is 6.07 Å². The average molecular weight is 483 g/mol. The number of aromatic nitrogens is 3. The van der Waals surface area contributed by atoms with E-state index in [1.807, 2.05) is 42.2 Å². The topological polar surface area (TPSA) is 110 Å². The van der Waals surface area contributed by atoms with Crippen LogP contribution in [0.4, 0.5) is 17.5 Å². The van der Waals surface area contributed by atoms with Gasteiger partial charge in [-0.15, -0.1) is 10.2 Å². The Balaban J connectivity index is 1.22. The number of ether oxygens (including phenoxy) is 2. The molecule has 5 rings (SSSR count). The highest BCUT2D eigenvalue weighted by Crippen LogP contribution is 2.33. The van der Waals surface area contributed by atoms with E-state index in [2.05, 4.69) is 20.5 Å². The summed E-state index contributed by atoms with van der Waals surface area (Å²) in [5, 5.41) is 11.7. The van der Waals surface area contributed by atoms with Gasteiger partial charge >= 0.3 is 0 Å². The van der Waals surface area contributed by atoms with E-state index in [1.54, 1.807) is 18.2 Å². The molecule has 0 amide bonds. The van der Waals surface area contributed by atoms with Gasteiger partial charge in [0.1, 0.15) is 5.82 Å². The van der Waals surface area contributed by atoms with Crippen LogP contribution < -0.4 is 19.7 Å². The SMILES string of the molecule is Cc1cccc(Nc2ccc(N3CCN(S(=O)(=O)c4ccc5c(c4)OCCCO5)CC3)nn2)n1. The van der Waals surface area contributed by atoms with E-state index in [-0.39, 0.29) is 4.90 Å². The van der Waals surface area contributed by atoms with Crippen molar-refractivity contribution in [1.82, 2.24) is 19.5 Å². The van der Waals surface area contributed by atoms with Crippen LogP contribution in [0.25, 0.3) is 0 Å². The molecule has 0 aliphatic carbocycles. The molecule has 4 heterocycles. The van der Waals surface area contributed by atoms with Gasteiger partial charge in [0.05, 0.1) is 18.1 Å². The number of aryl methyl sites for hydroxylation is 1. The smallest absolute Gasteiger partial charge is 0.243 e. The summed E-state index contributed by atoms with van der Waals surface area (Å²) in [6.45, 7) is 4.73. The van der Waals surface area contributed by atoms with Crippen molar-refractivity contribution in [2.45, 2.75) is 18.2 Å². The Morgan fingerprint density at radius 2 is 1.68 bits per heavy atom. The fourth-order valence-electron chi connectivity index (χ4n) is 3.92. The lowest BCUT2D eigenvalue weighted by Gasteiger charge is -2.34. The molecule has 0 saturated carbocycles. The Morgan fingerprint density at radius 1 is 0.882 bits per heavy atom. The highest BCUT2D eigenvalue weighted by molar-refractivity contribution is 7.89. The molecule has 0 radical (unpaired) electrons. The molecular formula is C23H26N6O4S. The van der Waals surface area contributed by atoms with Gasteiger partial charge in [0, 0.05) is 44.4 Å². The maximum Gasteiger partial charge on any atom is 0.243 e. The fourth-order valence-corrected chi connectivity index (χ4v) is 5.35. The lowest BCUT2D eigenvalue weighted by molar-refractivity contribution is 0.296. The third kappa shape index (κ3) is 4.75. The maximum atomic E-state index is 13.2. The number of nitrogens with one attached hydrogen (secondary N) is 1. The van der Waals surface area contributed by atoms with Crippen molar-refractivity contribution in [1.29, 1.82) is 0 Å². The Bertz CT molecular complexity index is 1260. The number of fused-ring (bicyclic) bond motifs is 1. The predicted molar refractivity (Wildman–Crippen MR) is 127 cm³/mol. The zero-order valence-corrected chi connectivity index (χ0v) is 19.7. The van der Waals surface area contributed by atoms with Crippen molar-refractivity contribution in [3.8, 4) is 11.5 Å². The molecule has 10 nitrogen and oxygen atoms in total. The zero-order chi connectivity index (χ0) is 23.5. The second-order valence-electron chi connectivity index (χ2n) is 8.12. The summed E-state index contributed by atoms with van der Waals surface area (Å²) < 4.78 is 39.2. The third-order valence-corrected chi connectivity index (χ3v) is 7.61. The maximum absolute atomic E-state index is 13.2. The largest absolute Gasteiger partial charge is 0.490 e. The van der Waals surface area contributed by atoms with Crippen molar-refractivity contribution in [2.75, 3.05) is 49.6 Å². The van der Waals surface area contributed by atoms with Crippen molar-refractivity contribution in [2.24, 2.45) is 0 Å². The van der Waals surface area contributed by atoms with Crippen molar-refractivity contribution in [3.63, 3.8) is 0 Å². The first kappa shape index (κ1) is 22.4. The molecule has 0 atom stereocenters. The van der Waals surface area contributed by atoms with Gasteiger partial charge in [-0.2, -0.15) is 4.31 Å². The van der Waals surface area contributed by atoms with Crippen molar-refractivity contribution in [3.05, 3.63) is 54.2 Å². The molecule has 3 aromatic rings. The van der Waals surface area contributed by atoms with Gasteiger partial charge in [-0.3, -0.25) is 0 Å². The lowest BCUT2D eigenvalue weighted by atomic mass is 10.3. The number of anilines is 3. The van der Waals surface area contributed by atoms with E-state index in [1.165, 1.54) is 4.31 Å². The summed E-state index contributed by atoms with van der Waals surface area (Å²) >= 11 is 0. The van der Waals surface area contributed by atoms with Gasteiger partial charge in [-0.25, -0.2) is 13.4 Å². The Labute approximate surface area is 198 Å². The minimum atomic E-state index is -3.64. The third-order valence-electron chi connectivity index (χ3n) is 5.71. The van der Waals surface area contributed by atoms with E-state index in [4.69, 9.17) is 9.47 Å². The number of sulfonamides is 1. The fraction of sp³-hybridized carbons (Fsp3) is 0.348. The Morgan fingerprint density at radius 3 is 2.41 bits per heavy atom. The lowest BCUT2D eigenvalue weighted by Crippen LogP contribution is -2.49. The minimum absolute atomic E-state index is 0.213. The predicted octanol–water partition coefficient (Wildman–Crippen LogP) is 2.60. The molecule has 2 aliphatic heterocycles. The number of rotatable bonds is 5. The van der Waals surface area contributed by atoms with Crippen LogP contribution in [0.1, 0.15) is 12.1 Å². The van der Waals surface area contributed by atoms with Crippen LogP contribution in [0.5, 0.6) is 11.5 Å². The van der Waals surface area contributed by atoms with Crippen LogP contribution in [0.2, 0.25) is 0 Å². The van der Waals surface area contributed by atoms with Crippen LogP contribution in [0.3, 0.4) is 0 Å². The molecule has 0 spiro atoms. The molecule has 1 fully saturated rings. The minimum Gasteiger partial charge on any atom is -0.490 e. The first-order valence-electron chi connectivity index (χ1n) is 11.2. The van der Waals surface area contributed by atoms with Gasteiger partial charge < -0.3 is 19.7 Å². The number of hydrogen-bond donors (Lipinski definition) is 1. The van der Waals surface area contributed by atoms with Crippen LogP contribution in [0, 0.1) is 6.92 Å². The van der Waals surface area contributed by atoms with E-state index in [9.17, 15) is 8.42 Å². The number of nitrogens with zero attached hydrogens (tertiary/aromatic N) is 5. The number of piperazine rings is 1. The molecule has 0 unspecified atom stereocenters. The summed E-state index contributed by atoms with van der Waals surface area (Å²) in [5.74, 6) is 3.06. The molecule has 2 aromatic heterocycles. The van der Waals surface area contributed by atoms with E-state index >= 15 is 0 Å². The highest BCUT2D eigenvalue weighted by atomic mass is 32.2. The quantitative estimate of drug-likeness (QED) is 0.587. The van der Waals surface area contributed by atoms with Crippen LogP contribution in [0.15, 0.2) is 53.4 Å². The van der Waals surface area contributed by atoms with E-state index < -0.39 is 10.0 Å². The summed E-state index contributed by atoms with van der Waals surface area (Å²) in [5.41, 5.74) is 0.911. The van der Waals surface area contributed by atoms with Gasteiger partial charge in [0.25, 0.3) is 0 Å². The van der Waals surface area contributed by atoms with Gasteiger partial charge in [0.2, 0.25) is 10.0 Å². The monoisotopic (exact) mass is 482 g/mol. The second kappa shape index (κ2) is 9.43. The Hall–Kier alpha value is -3.44. The van der Waals surface area contributed by atoms with E-state index in [0.717, 1.165) is 12.1 Å². The van der Waals surface area contributed by atoms with Gasteiger partial charge in [-0.05, 0) is 43.3 Å².